The fraction of sp³-hybridized carbons (Fsp3) is 0.182. The lowest BCUT2D eigenvalue weighted by Gasteiger charge is -2.10. The minimum atomic E-state index is -4.40. The number of aromatic amines is 1. The average Bonchev–Trinajstić information content (AvgIpc) is 3.12. The highest BCUT2D eigenvalue weighted by atomic mass is 35.5. The highest BCUT2D eigenvalue weighted by Gasteiger charge is 2.31. The van der Waals surface area contributed by atoms with Crippen molar-refractivity contribution in [2.75, 3.05) is 0 Å². The van der Waals surface area contributed by atoms with E-state index in [9.17, 15) is 13.2 Å². The molecular formula is C22H18ClF3N3S2+. The van der Waals surface area contributed by atoms with Crippen LogP contribution in [0.25, 0.3) is 17.0 Å². The van der Waals surface area contributed by atoms with Gasteiger partial charge in [0.25, 0.3) is 0 Å². The Morgan fingerprint density at radius 2 is 1.90 bits per heavy atom. The van der Waals surface area contributed by atoms with Crippen LogP contribution in [0.2, 0.25) is 5.02 Å². The van der Waals surface area contributed by atoms with Crippen LogP contribution in [0.3, 0.4) is 0 Å². The Morgan fingerprint density at radius 3 is 2.65 bits per heavy atom. The average molecular weight is 481 g/mol. The van der Waals surface area contributed by atoms with Crippen molar-refractivity contribution in [2.45, 2.75) is 30.7 Å². The van der Waals surface area contributed by atoms with E-state index in [2.05, 4.69) is 16.0 Å². The standard InChI is InChI=1S/C22H18ClF3N3S2/c1-13-8-14(2)20(12-30-31-17-5-3-4-16(23)10-17)29(11-13)21-27-18-7-6-15(22(24,25)26)9-19(18)28-21/h3-11H,12H2,1-2H3,(H,27,28)/q+1. The number of H-pyrrole nitrogens is 1. The highest BCUT2D eigenvalue weighted by molar-refractivity contribution is 8.76. The van der Waals surface area contributed by atoms with Crippen LogP contribution in [0, 0.1) is 13.8 Å². The Morgan fingerprint density at radius 1 is 1.10 bits per heavy atom. The van der Waals surface area contributed by atoms with Crippen molar-refractivity contribution in [3.63, 3.8) is 0 Å². The maximum Gasteiger partial charge on any atom is 0.416 e. The smallest absolute Gasteiger partial charge is 0.238 e. The van der Waals surface area contributed by atoms with E-state index in [4.69, 9.17) is 11.6 Å². The Labute approximate surface area is 190 Å². The van der Waals surface area contributed by atoms with Gasteiger partial charge in [-0.2, -0.15) is 13.2 Å². The van der Waals surface area contributed by atoms with Gasteiger partial charge in [-0.05, 0) is 61.4 Å². The molecule has 0 fully saturated rings. The summed E-state index contributed by atoms with van der Waals surface area (Å²) in [5.74, 6) is 1.17. The lowest BCUT2D eigenvalue weighted by molar-refractivity contribution is -0.611. The number of halogens is 4. The Hall–Kier alpha value is -2.16. The number of hydrogen-bond acceptors (Lipinski definition) is 3. The normalized spacial score (nSPS) is 11.9. The second-order valence-corrected chi connectivity index (χ2v) is 9.92. The molecule has 0 bridgehead atoms. The first-order chi connectivity index (χ1) is 14.7. The van der Waals surface area contributed by atoms with Gasteiger partial charge < -0.3 is 0 Å². The first-order valence-electron chi connectivity index (χ1n) is 9.35. The summed E-state index contributed by atoms with van der Waals surface area (Å²) in [5, 5.41) is 0.688. The van der Waals surface area contributed by atoms with Crippen LogP contribution >= 0.6 is 33.2 Å². The van der Waals surface area contributed by atoms with E-state index >= 15 is 0 Å². The van der Waals surface area contributed by atoms with E-state index < -0.39 is 11.7 Å². The Kier molecular flexibility index (Phi) is 6.23. The maximum absolute atomic E-state index is 13.1. The summed E-state index contributed by atoms with van der Waals surface area (Å²) in [7, 11) is 3.28. The molecule has 2 heterocycles. The van der Waals surface area contributed by atoms with Crippen molar-refractivity contribution in [3.05, 3.63) is 82.1 Å². The molecule has 0 amide bonds. The van der Waals surface area contributed by atoms with Crippen molar-refractivity contribution in [2.24, 2.45) is 0 Å². The lowest BCUT2D eigenvalue weighted by atomic mass is 10.2. The molecule has 9 heteroatoms. The SMILES string of the molecule is Cc1cc(C)c(CSSc2cccc(Cl)c2)[n+](-c2nc3ccc(C(F)(F)F)cc3[nH]2)c1. The van der Waals surface area contributed by atoms with Crippen molar-refractivity contribution < 1.29 is 17.7 Å². The largest absolute Gasteiger partial charge is 0.416 e. The van der Waals surface area contributed by atoms with Gasteiger partial charge in [0.05, 0.1) is 23.2 Å². The molecule has 0 aliphatic heterocycles. The zero-order valence-corrected chi connectivity index (χ0v) is 19.0. The van der Waals surface area contributed by atoms with Gasteiger partial charge in [0.1, 0.15) is 5.52 Å². The number of hydrogen-bond donors (Lipinski definition) is 1. The second kappa shape index (κ2) is 8.76. The molecule has 4 aromatic rings. The van der Waals surface area contributed by atoms with Crippen LogP contribution < -0.4 is 4.57 Å². The molecule has 3 nitrogen and oxygen atoms in total. The van der Waals surface area contributed by atoms with E-state index in [1.54, 1.807) is 21.6 Å². The molecule has 0 radical (unpaired) electrons. The fourth-order valence-corrected chi connectivity index (χ4v) is 5.73. The second-order valence-electron chi connectivity index (χ2n) is 7.11. The Balaban J connectivity index is 1.66. The minimum Gasteiger partial charge on any atom is -0.238 e. The van der Waals surface area contributed by atoms with Gasteiger partial charge in [-0.15, -0.1) is 0 Å². The number of rotatable bonds is 5. The van der Waals surface area contributed by atoms with Crippen LogP contribution in [-0.2, 0) is 11.9 Å². The van der Waals surface area contributed by atoms with Crippen LogP contribution in [0.1, 0.15) is 22.4 Å². The van der Waals surface area contributed by atoms with Crippen molar-refractivity contribution in [1.29, 1.82) is 0 Å². The number of alkyl halides is 3. The molecule has 0 aliphatic carbocycles. The van der Waals surface area contributed by atoms with Gasteiger partial charge in [0, 0.05) is 9.92 Å². The Bertz CT molecular complexity index is 1250. The predicted octanol–water partition coefficient (Wildman–Crippen LogP) is 7.07. The summed E-state index contributed by atoms with van der Waals surface area (Å²) >= 11 is 6.06. The molecule has 1 N–H and O–H groups in total. The number of aromatic nitrogens is 3. The topological polar surface area (TPSA) is 32.6 Å². The van der Waals surface area contributed by atoms with E-state index in [1.165, 1.54) is 6.07 Å². The number of imidazole rings is 1. The van der Waals surface area contributed by atoms with Gasteiger partial charge >= 0.3 is 12.1 Å². The lowest BCUT2D eigenvalue weighted by Crippen LogP contribution is -2.38. The molecule has 0 aliphatic rings. The van der Waals surface area contributed by atoms with Crippen molar-refractivity contribution in [3.8, 4) is 5.95 Å². The molecule has 0 saturated carbocycles. The molecular weight excluding hydrogens is 463 g/mol. The predicted molar refractivity (Wildman–Crippen MR) is 121 cm³/mol. The van der Waals surface area contributed by atoms with Crippen molar-refractivity contribution >= 4 is 44.2 Å². The van der Waals surface area contributed by atoms with Crippen LogP contribution in [0.5, 0.6) is 0 Å². The van der Waals surface area contributed by atoms with Gasteiger partial charge in [-0.3, -0.25) is 0 Å². The van der Waals surface area contributed by atoms with E-state index in [0.29, 0.717) is 27.8 Å². The summed E-state index contributed by atoms with van der Waals surface area (Å²) in [6.45, 7) is 4.00. The maximum atomic E-state index is 13.1. The molecule has 2 aromatic carbocycles. The third-order valence-corrected chi connectivity index (χ3v) is 7.17. The quantitative estimate of drug-likeness (QED) is 0.245. The number of nitrogens with zero attached hydrogens (tertiary/aromatic N) is 2. The molecule has 0 unspecified atom stereocenters. The molecule has 0 spiro atoms. The van der Waals surface area contributed by atoms with E-state index in [-0.39, 0.29) is 0 Å². The van der Waals surface area contributed by atoms with Crippen LogP contribution in [-0.4, -0.2) is 9.97 Å². The number of nitrogens with one attached hydrogen (secondary N) is 1. The zero-order valence-electron chi connectivity index (χ0n) is 16.6. The first-order valence-corrected chi connectivity index (χ1v) is 12.0. The molecule has 0 saturated heterocycles. The highest BCUT2D eigenvalue weighted by Crippen LogP contribution is 2.35. The zero-order chi connectivity index (χ0) is 22.2. The first kappa shape index (κ1) is 22.0. The summed E-state index contributed by atoms with van der Waals surface area (Å²) in [6.07, 6.45) is -2.46. The van der Waals surface area contributed by atoms with E-state index in [1.807, 2.05) is 48.9 Å². The summed E-state index contributed by atoms with van der Waals surface area (Å²) in [5.41, 5.74) is 3.26. The van der Waals surface area contributed by atoms with E-state index in [0.717, 1.165) is 33.8 Å². The molecule has 0 atom stereocenters. The number of pyridine rings is 1. The molecule has 4 rings (SSSR count). The summed E-state index contributed by atoms with van der Waals surface area (Å²) < 4.78 is 41.1. The molecule has 160 valence electrons. The molecule has 31 heavy (non-hydrogen) atoms. The third kappa shape index (κ3) is 5.02. The van der Waals surface area contributed by atoms with Crippen molar-refractivity contribution in [1.82, 2.24) is 9.97 Å². The van der Waals surface area contributed by atoms with Gasteiger partial charge in [0.2, 0.25) is 0 Å². The van der Waals surface area contributed by atoms with Gasteiger partial charge in [0.15, 0.2) is 5.52 Å². The number of benzene rings is 2. The third-order valence-electron chi connectivity index (χ3n) is 4.69. The van der Waals surface area contributed by atoms with Crippen LogP contribution in [0.4, 0.5) is 13.2 Å². The minimum absolute atomic E-state index is 0.350. The van der Waals surface area contributed by atoms with Crippen LogP contribution in [0.15, 0.2) is 59.6 Å². The molecule has 2 aromatic heterocycles. The number of aryl methyl sites for hydroxylation is 2. The number of fused-ring (bicyclic) bond motifs is 1. The monoisotopic (exact) mass is 480 g/mol. The van der Waals surface area contributed by atoms with Gasteiger partial charge in [-0.25, -0.2) is 9.55 Å². The fourth-order valence-electron chi connectivity index (χ4n) is 3.26. The van der Waals surface area contributed by atoms with Gasteiger partial charge in [-0.1, -0.05) is 50.3 Å². The summed E-state index contributed by atoms with van der Waals surface area (Å²) in [4.78, 5) is 8.64. The summed E-state index contributed by atoms with van der Waals surface area (Å²) in [6, 6.07) is 13.3.